The Labute approximate surface area is 183 Å². The molecular formula is C20H26IN7O. The van der Waals surface area contributed by atoms with Crippen molar-refractivity contribution in [1.82, 2.24) is 19.5 Å². The van der Waals surface area contributed by atoms with Crippen LogP contribution in [0.5, 0.6) is 5.75 Å². The SMILES string of the molecule is CCn1cnc2c(NCc3cc(I)ccc3O)nc(NC3CCC(N)CC3)nc21. The van der Waals surface area contributed by atoms with E-state index in [0.717, 1.165) is 52.5 Å². The number of imidazole rings is 1. The van der Waals surface area contributed by atoms with E-state index >= 15 is 0 Å². The predicted octanol–water partition coefficient (Wildman–Crippen LogP) is 3.45. The number of nitrogens with two attached hydrogens (primary N) is 1. The summed E-state index contributed by atoms with van der Waals surface area (Å²) < 4.78 is 3.07. The number of hydrogen-bond donors (Lipinski definition) is 4. The number of aromatic nitrogens is 4. The maximum Gasteiger partial charge on any atom is 0.227 e. The van der Waals surface area contributed by atoms with Gasteiger partial charge in [-0.25, -0.2) is 4.98 Å². The van der Waals surface area contributed by atoms with E-state index in [1.807, 2.05) is 16.7 Å². The number of fused-ring (bicyclic) bond motifs is 1. The summed E-state index contributed by atoms with van der Waals surface area (Å²) in [6.07, 6.45) is 5.87. The van der Waals surface area contributed by atoms with E-state index in [-0.39, 0.29) is 5.75 Å². The van der Waals surface area contributed by atoms with Gasteiger partial charge in [0, 0.05) is 34.3 Å². The molecule has 29 heavy (non-hydrogen) atoms. The first-order chi connectivity index (χ1) is 14.0. The molecule has 1 aliphatic carbocycles. The Balaban J connectivity index is 1.61. The fraction of sp³-hybridized carbons (Fsp3) is 0.450. The zero-order valence-corrected chi connectivity index (χ0v) is 18.6. The van der Waals surface area contributed by atoms with Gasteiger partial charge in [-0.3, -0.25) is 0 Å². The molecule has 1 aliphatic rings. The van der Waals surface area contributed by atoms with Crippen molar-refractivity contribution >= 4 is 45.5 Å². The Bertz CT molecular complexity index is 998. The average molecular weight is 507 g/mol. The molecule has 0 amide bonds. The van der Waals surface area contributed by atoms with Crippen molar-refractivity contribution in [2.24, 2.45) is 5.73 Å². The Kier molecular flexibility index (Phi) is 6.04. The van der Waals surface area contributed by atoms with E-state index in [9.17, 15) is 5.11 Å². The van der Waals surface area contributed by atoms with Gasteiger partial charge in [-0.2, -0.15) is 9.97 Å². The summed E-state index contributed by atoms with van der Waals surface area (Å²) in [5.41, 5.74) is 8.37. The van der Waals surface area contributed by atoms with Crippen LogP contribution in [0.1, 0.15) is 38.2 Å². The molecule has 3 aromatic rings. The van der Waals surface area contributed by atoms with Gasteiger partial charge in [-0.15, -0.1) is 0 Å². The van der Waals surface area contributed by atoms with Crippen molar-refractivity contribution in [1.29, 1.82) is 0 Å². The molecule has 1 saturated carbocycles. The number of aromatic hydroxyl groups is 1. The fourth-order valence-electron chi connectivity index (χ4n) is 3.68. The van der Waals surface area contributed by atoms with E-state index in [4.69, 9.17) is 15.7 Å². The van der Waals surface area contributed by atoms with Gasteiger partial charge < -0.3 is 26.0 Å². The molecule has 0 aliphatic heterocycles. The summed E-state index contributed by atoms with van der Waals surface area (Å²) in [5, 5.41) is 17.0. The first-order valence-corrected chi connectivity index (χ1v) is 11.1. The zero-order valence-electron chi connectivity index (χ0n) is 16.4. The van der Waals surface area contributed by atoms with Crippen LogP contribution in [0.4, 0.5) is 11.8 Å². The quantitative estimate of drug-likeness (QED) is 0.378. The number of phenolic OH excluding ortho intramolecular Hbond substituents is 1. The van der Waals surface area contributed by atoms with Gasteiger partial charge in [0.25, 0.3) is 0 Å². The number of nitrogens with zero attached hydrogens (tertiary/aromatic N) is 4. The van der Waals surface area contributed by atoms with Gasteiger partial charge >= 0.3 is 0 Å². The third kappa shape index (κ3) is 4.55. The van der Waals surface area contributed by atoms with Crippen LogP contribution in [0.15, 0.2) is 24.5 Å². The van der Waals surface area contributed by atoms with Gasteiger partial charge in [0.1, 0.15) is 5.75 Å². The molecule has 5 N–H and O–H groups in total. The van der Waals surface area contributed by atoms with Crippen LogP contribution in [0.3, 0.4) is 0 Å². The Morgan fingerprint density at radius 3 is 2.79 bits per heavy atom. The number of halogens is 1. The highest BCUT2D eigenvalue weighted by Gasteiger charge is 2.20. The summed E-state index contributed by atoms with van der Waals surface area (Å²) in [6.45, 7) is 3.30. The Morgan fingerprint density at radius 2 is 2.03 bits per heavy atom. The number of benzene rings is 1. The predicted molar refractivity (Wildman–Crippen MR) is 123 cm³/mol. The van der Waals surface area contributed by atoms with Gasteiger partial charge in [0.15, 0.2) is 17.0 Å². The number of anilines is 2. The van der Waals surface area contributed by atoms with Gasteiger partial charge in [0.05, 0.1) is 6.33 Å². The normalized spacial score (nSPS) is 19.4. The number of phenols is 1. The lowest BCUT2D eigenvalue weighted by Crippen LogP contribution is -2.33. The largest absolute Gasteiger partial charge is 0.508 e. The first kappa shape index (κ1) is 20.1. The molecule has 0 saturated heterocycles. The van der Waals surface area contributed by atoms with Crippen LogP contribution in [0.2, 0.25) is 0 Å². The molecule has 8 nitrogen and oxygen atoms in total. The van der Waals surface area contributed by atoms with Gasteiger partial charge in [-0.1, -0.05) is 0 Å². The third-order valence-electron chi connectivity index (χ3n) is 5.40. The summed E-state index contributed by atoms with van der Waals surface area (Å²) >= 11 is 2.24. The highest BCUT2D eigenvalue weighted by molar-refractivity contribution is 14.1. The van der Waals surface area contributed by atoms with E-state index in [2.05, 4.69) is 45.1 Å². The smallest absolute Gasteiger partial charge is 0.227 e. The molecule has 9 heteroatoms. The second-order valence-electron chi connectivity index (χ2n) is 7.48. The first-order valence-electron chi connectivity index (χ1n) is 9.99. The van der Waals surface area contributed by atoms with E-state index in [1.54, 1.807) is 12.4 Å². The Morgan fingerprint density at radius 1 is 1.24 bits per heavy atom. The molecule has 2 aromatic heterocycles. The second kappa shape index (κ2) is 8.70. The molecular weight excluding hydrogens is 481 g/mol. The lowest BCUT2D eigenvalue weighted by molar-refractivity contribution is 0.410. The van der Waals surface area contributed by atoms with Crippen molar-refractivity contribution in [2.45, 2.75) is 57.8 Å². The minimum absolute atomic E-state index is 0.263. The molecule has 0 spiro atoms. The summed E-state index contributed by atoms with van der Waals surface area (Å²) in [5.74, 6) is 1.53. The molecule has 0 radical (unpaired) electrons. The highest BCUT2D eigenvalue weighted by atomic mass is 127. The topological polar surface area (TPSA) is 114 Å². The van der Waals surface area contributed by atoms with Crippen LogP contribution in [-0.4, -0.2) is 36.7 Å². The van der Waals surface area contributed by atoms with Crippen molar-refractivity contribution in [3.63, 3.8) is 0 Å². The van der Waals surface area contributed by atoms with E-state index in [1.165, 1.54) is 0 Å². The monoisotopic (exact) mass is 507 g/mol. The minimum Gasteiger partial charge on any atom is -0.508 e. The van der Waals surface area contributed by atoms with Crippen molar-refractivity contribution in [3.05, 3.63) is 33.7 Å². The number of hydrogen-bond acceptors (Lipinski definition) is 7. The maximum atomic E-state index is 10.1. The highest BCUT2D eigenvalue weighted by Crippen LogP contribution is 2.26. The average Bonchev–Trinajstić information content (AvgIpc) is 3.13. The van der Waals surface area contributed by atoms with Crippen LogP contribution >= 0.6 is 22.6 Å². The van der Waals surface area contributed by atoms with Crippen LogP contribution in [-0.2, 0) is 13.1 Å². The lowest BCUT2D eigenvalue weighted by Gasteiger charge is -2.26. The second-order valence-corrected chi connectivity index (χ2v) is 8.73. The molecule has 154 valence electrons. The molecule has 4 rings (SSSR count). The summed E-state index contributed by atoms with van der Waals surface area (Å²) in [7, 11) is 0. The standard InChI is InChI=1S/C20H26IN7O/c1-2-28-11-24-17-18(23-10-12-9-13(21)3-8-16(12)29)26-20(27-19(17)28)25-15-6-4-14(22)5-7-15/h3,8-9,11,14-15,29H,2,4-7,10,22H2,1H3,(H2,23,25,26,27). The van der Waals surface area contributed by atoms with Crippen LogP contribution in [0.25, 0.3) is 11.2 Å². The van der Waals surface area contributed by atoms with Crippen LogP contribution in [0, 0.1) is 3.57 Å². The fourth-order valence-corrected chi connectivity index (χ4v) is 4.24. The van der Waals surface area contributed by atoms with Crippen molar-refractivity contribution in [2.75, 3.05) is 10.6 Å². The number of aryl methyl sites for hydroxylation is 1. The van der Waals surface area contributed by atoms with E-state index in [0.29, 0.717) is 30.4 Å². The lowest BCUT2D eigenvalue weighted by atomic mass is 9.92. The minimum atomic E-state index is 0.263. The number of nitrogens with one attached hydrogen (secondary N) is 2. The molecule has 0 unspecified atom stereocenters. The van der Waals surface area contributed by atoms with Gasteiger partial charge in [0.2, 0.25) is 5.95 Å². The van der Waals surface area contributed by atoms with Gasteiger partial charge in [-0.05, 0) is 73.4 Å². The third-order valence-corrected chi connectivity index (χ3v) is 6.07. The van der Waals surface area contributed by atoms with Crippen molar-refractivity contribution < 1.29 is 5.11 Å². The summed E-state index contributed by atoms with van der Waals surface area (Å²) in [6, 6.07) is 6.18. The van der Waals surface area contributed by atoms with Crippen molar-refractivity contribution in [3.8, 4) is 5.75 Å². The molecule has 2 heterocycles. The maximum absolute atomic E-state index is 10.1. The summed E-state index contributed by atoms with van der Waals surface area (Å²) in [4.78, 5) is 13.9. The molecule has 0 bridgehead atoms. The van der Waals surface area contributed by atoms with Crippen LogP contribution < -0.4 is 16.4 Å². The molecule has 1 aromatic carbocycles. The molecule has 0 atom stereocenters. The zero-order chi connectivity index (χ0) is 20.4. The molecule has 1 fully saturated rings. The Hall–Kier alpha value is -2.14. The van der Waals surface area contributed by atoms with E-state index < -0.39 is 0 Å². The number of rotatable bonds is 6.